The first-order valence-corrected chi connectivity index (χ1v) is 5.51. The van der Waals surface area contributed by atoms with Crippen LogP contribution >= 0.6 is 0 Å². The molecule has 0 bridgehead atoms. The minimum absolute atomic E-state index is 0.458. The summed E-state index contributed by atoms with van der Waals surface area (Å²) in [4.78, 5) is 15.5. The minimum atomic E-state index is -0.865. The molecule has 5 nitrogen and oxygen atoms in total. The topological polar surface area (TPSA) is 81.6 Å². The lowest BCUT2D eigenvalue weighted by molar-refractivity contribution is 0.572. The molecule has 0 aliphatic heterocycles. The normalized spacial score (nSPS) is 9.11. The molecule has 0 amide bonds. The van der Waals surface area contributed by atoms with E-state index in [1.165, 1.54) is 11.6 Å². The highest BCUT2D eigenvalue weighted by molar-refractivity contribution is 5.15. The molecule has 2 rings (SSSR count). The summed E-state index contributed by atoms with van der Waals surface area (Å²) < 4.78 is 12.1. The van der Waals surface area contributed by atoms with Crippen LogP contribution in [0.5, 0.6) is 0 Å². The molecule has 1 heterocycles. The average Bonchev–Trinajstić information content (AvgIpc) is 2.44. The lowest BCUT2D eigenvalue weighted by Crippen LogP contribution is -2.12. The van der Waals surface area contributed by atoms with Crippen LogP contribution in [0.1, 0.15) is 11.3 Å². The quantitative estimate of drug-likeness (QED) is 0.849. The van der Waals surface area contributed by atoms with Gasteiger partial charge in [-0.05, 0) is 12.6 Å². The van der Waals surface area contributed by atoms with Crippen molar-refractivity contribution in [3.63, 3.8) is 0 Å². The molecule has 0 aliphatic carbocycles. The van der Waals surface area contributed by atoms with Gasteiger partial charge in [0.05, 0.1) is 6.20 Å². The Bertz CT molecular complexity index is 604. The molecular weight excluding hydrogens is 247 g/mol. The van der Waals surface area contributed by atoms with Crippen LogP contribution in [-0.4, -0.2) is 17.0 Å². The number of aromatic nitrogens is 2. The van der Waals surface area contributed by atoms with Gasteiger partial charge in [-0.25, -0.2) is 4.98 Å². The summed E-state index contributed by atoms with van der Waals surface area (Å²) in [5, 5.41) is 11.2. The zero-order valence-electron chi connectivity index (χ0n) is 10.4. The lowest BCUT2D eigenvalue weighted by Gasteiger charge is -1.95. The Kier molecular flexibility index (Phi) is 5.92. The van der Waals surface area contributed by atoms with Gasteiger partial charge in [0.15, 0.2) is 0 Å². The molecule has 6 heteroatoms. The van der Waals surface area contributed by atoms with Crippen molar-refractivity contribution in [3.8, 4) is 6.07 Å². The van der Waals surface area contributed by atoms with Crippen molar-refractivity contribution in [1.29, 1.82) is 5.26 Å². The van der Waals surface area contributed by atoms with E-state index < -0.39 is 17.2 Å². The second-order valence-corrected chi connectivity index (χ2v) is 3.53. The Morgan fingerprint density at radius 3 is 2.63 bits per heavy atom. The van der Waals surface area contributed by atoms with Crippen LogP contribution in [0.4, 0.5) is 4.39 Å². The van der Waals surface area contributed by atoms with E-state index in [0.29, 0.717) is 0 Å². The smallest absolute Gasteiger partial charge is 0.284 e. The second kappa shape index (κ2) is 7.74. The molecular formula is C13H13FN4O. The van der Waals surface area contributed by atoms with Gasteiger partial charge in [0, 0.05) is 6.54 Å². The van der Waals surface area contributed by atoms with Gasteiger partial charge in [0.25, 0.3) is 5.56 Å². The number of nitrogens with one attached hydrogen (secondary N) is 2. The fraction of sp³-hybridized carbons (Fsp3) is 0.154. The second-order valence-electron chi connectivity index (χ2n) is 3.53. The summed E-state index contributed by atoms with van der Waals surface area (Å²) in [5.74, 6) is -0.865. The monoisotopic (exact) mass is 260 g/mol. The zero-order valence-corrected chi connectivity index (χ0v) is 10.4. The van der Waals surface area contributed by atoms with E-state index in [2.05, 4.69) is 22.4 Å². The molecule has 98 valence electrons. The first kappa shape index (κ1) is 14.5. The van der Waals surface area contributed by atoms with Crippen molar-refractivity contribution in [3.05, 3.63) is 64.1 Å². The van der Waals surface area contributed by atoms with Crippen molar-refractivity contribution in [2.45, 2.75) is 6.54 Å². The minimum Gasteiger partial charge on any atom is -0.322 e. The van der Waals surface area contributed by atoms with Crippen LogP contribution in [0.2, 0.25) is 0 Å². The molecule has 2 aromatic rings. The molecule has 0 spiro atoms. The van der Waals surface area contributed by atoms with Gasteiger partial charge in [-0.15, -0.1) is 0 Å². The summed E-state index contributed by atoms with van der Waals surface area (Å²) in [6.45, 7) is 0.959. The van der Waals surface area contributed by atoms with Crippen LogP contribution in [0, 0.1) is 17.3 Å². The van der Waals surface area contributed by atoms with Crippen molar-refractivity contribution in [2.24, 2.45) is 0 Å². The van der Waals surface area contributed by atoms with E-state index in [-0.39, 0.29) is 0 Å². The van der Waals surface area contributed by atoms with Gasteiger partial charge in [-0.2, -0.15) is 9.65 Å². The van der Waals surface area contributed by atoms with Crippen molar-refractivity contribution in [2.75, 3.05) is 7.05 Å². The van der Waals surface area contributed by atoms with E-state index in [1.807, 2.05) is 30.2 Å². The summed E-state index contributed by atoms with van der Waals surface area (Å²) in [6, 6.07) is 11.8. The number of aromatic amines is 1. The van der Waals surface area contributed by atoms with Gasteiger partial charge in [0.1, 0.15) is 6.07 Å². The molecule has 0 saturated heterocycles. The molecule has 1 aromatic heterocycles. The molecule has 0 aliphatic rings. The highest BCUT2D eigenvalue weighted by Crippen LogP contribution is 1.95. The number of rotatable bonds is 2. The van der Waals surface area contributed by atoms with Gasteiger partial charge < -0.3 is 10.3 Å². The number of hydrogen-bond donors (Lipinski definition) is 2. The van der Waals surface area contributed by atoms with E-state index in [0.717, 1.165) is 12.7 Å². The Morgan fingerprint density at radius 1 is 1.42 bits per heavy atom. The van der Waals surface area contributed by atoms with Crippen LogP contribution in [-0.2, 0) is 6.54 Å². The Hall–Kier alpha value is -2.52. The van der Waals surface area contributed by atoms with Crippen LogP contribution < -0.4 is 10.9 Å². The highest BCUT2D eigenvalue weighted by Gasteiger charge is 1.99. The van der Waals surface area contributed by atoms with Crippen LogP contribution in [0.15, 0.2) is 41.3 Å². The van der Waals surface area contributed by atoms with Gasteiger partial charge in [-0.1, -0.05) is 30.3 Å². The maximum absolute atomic E-state index is 12.1. The molecule has 2 N–H and O–H groups in total. The van der Waals surface area contributed by atoms with E-state index in [9.17, 15) is 9.18 Å². The first-order chi connectivity index (χ1) is 9.17. The van der Waals surface area contributed by atoms with Crippen molar-refractivity contribution in [1.82, 2.24) is 15.3 Å². The number of nitriles is 1. The number of H-pyrrole nitrogens is 1. The molecule has 0 fully saturated rings. The van der Waals surface area contributed by atoms with E-state index in [1.54, 1.807) is 0 Å². The number of benzene rings is 1. The lowest BCUT2D eigenvalue weighted by atomic mass is 10.2. The van der Waals surface area contributed by atoms with Gasteiger partial charge >= 0.3 is 0 Å². The summed E-state index contributed by atoms with van der Waals surface area (Å²) in [5.41, 5.74) is 0.198. The highest BCUT2D eigenvalue weighted by atomic mass is 19.1. The third-order valence-electron chi connectivity index (χ3n) is 2.09. The predicted octanol–water partition coefficient (Wildman–Crippen LogP) is 1.19. The largest absolute Gasteiger partial charge is 0.322 e. The third kappa shape index (κ3) is 5.10. The van der Waals surface area contributed by atoms with Crippen molar-refractivity contribution < 1.29 is 4.39 Å². The summed E-state index contributed by atoms with van der Waals surface area (Å²) >= 11 is 0. The molecule has 1 aromatic carbocycles. The summed E-state index contributed by atoms with van der Waals surface area (Å²) in [6.07, 6.45) is 0.795. The van der Waals surface area contributed by atoms with Gasteiger partial charge in [0.2, 0.25) is 11.6 Å². The number of hydrogen-bond acceptors (Lipinski definition) is 4. The summed E-state index contributed by atoms with van der Waals surface area (Å²) in [7, 11) is 1.95. The molecule has 0 unspecified atom stereocenters. The maximum Gasteiger partial charge on any atom is 0.284 e. The predicted molar refractivity (Wildman–Crippen MR) is 68.7 cm³/mol. The fourth-order valence-electron chi connectivity index (χ4n) is 1.26. The molecule has 0 radical (unpaired) electrons. The maximum atomic E-state index is 12.1. The standard InChI is InChI=1S/C8H11N.C5H2FN3O/c1-9-7-8-5-3-2-4-6-8;6-4-2-8-5(10)3(1-7)9-4/h2-6,9H,7H2,1H3;2H,(H,8,10). The molecule has 0 atom stereocenters. The average molecular weight is 260 g/mol. The molecule has 19 heavy (non-hydrogen) atoms. The van der Waals surface area contributed by atoms with Crippen LogP contribution in [0.25, 0.3) is 0 Å². The fourth-order valence-corrected chi connectivity index (χ4v) is 1.26. The Balaban J connectivity index is 0.000000191. The Morgan fingerprint density at radius 2 is 2.11 bits per heavy atom. The number of halogens is 1. The van der Waals surface area contributed by atoms with E-state index >= 15 is 0 Å². The first-order valence-electron chi connectivity index (χ1n) is 5.51. The van der Waals surface area contributed by atoms with Crippen LogP contribution in [0.3, 0.4) is 0 Å². The SMILES string of the molecule is CNCc1ccccc1.N#Cc1nc(F)c[nH]c1=O. The Labute approximate surface area is 109 Å². The zero-order chi connectivity index (χ0) is 14.1. The van der Waals surface area contributed by atoms with Gasteiger partial charge in [-0.3, -0.25) is 4.79 Å². The van der Waals surface area contributed by atoms with E-state index in [4.69, 9.17) is 5.26 Å². The van der Waals surface area contributed by atoms with Crippen molar-refractivity contribution >= 4 is 0 Å². The third-order valence-corrected chi connectivity index (χ3v) is 2.09. The molecule has 0 saturated carbocycles. The number of nitrogens with zero attached hydrogens (tertiary/aromatic N) is 2.